The normalized spacial score (nSPS) is 11.6. The molecule has 0 aliphatic rings. The fraction of sp³-hybridized carbons (Fsp3) is 0.308. The molecule has 2 aromatic rings. The van der Waals surface area contributed by atoms with Crippen molar-refractivity contribution in [2.24, 2.45) is 0 Å². The first-order valence-corrected chi connectivity index (χ1v) is 8.73. The van der Waals surface area contributed by atoms with Gasteiger partial charge in [-0.05, 0) is 47.1 Å². The Morgan fingerprint density at radius 3 is 2.81 bits per heavy atom. The minimum absolute atomic E-state index is 0.0796. The largest absolute Gasteiger partial charge is 0.313 e. The summed E-state index contributed by atoms with van der Waals surface area (Å²) < 4.78 is 28.2. The van der Waals surface area contributed by atoms with Crippen LogP contribution >= 0.6 is 15.9 Å². The van der Waals surface area contributed by atoms with Crippen LogP contribution < -0.4 is 10.0 Å². The van der Waals surface area contributed by atoms with E-state index < -0.39 is 10.0 Å². The van der Waals surface area contributed by atoms with E-state index >= 15 is 0 Å². The molecule has 1 heterocycles. The SMILES string of the molecule is CCNCc1cn[nH]c1S(=O)(=O)Nc1ccc(C)cc1Br. The summed E-state index contributed by atoms with van der Waals surface area (Å²) in [6, 6.07) is 5.41. The topological polar surface area (TPSA) is 86.9 Å². The van der Waals surface area contributed by atoms with E-state index in [0.29, 0.717) is 22.3 Å². The summed E-state index contributed by atoms with van der Waals surface area (Å²) in [6.07, 6.45) is 1.52. The van der Waals surface area contributed by atoms with Gasteiger partial charge in [0, 0.05) is 16.6 Å². The van der Waals surface area contributed by atoms with Crippen molar-refractivity contribution in [3.8, 4) is 0 Å². The first kappa shape index (κ1) is 16.0. The number of hydrogen-bond acceptors (Lipinski definition) is 4. The van der Waals surface area contributed by atoms with Gasteiger partial charge in [0.15, 0.2) is 5.03 Å². The first-order chi connectivity index (χ1) is 9.94. The van der Waals surface area contributed by atoms with Gasteiger partial charge in [0.05, 0.1) is 11.9 Å². The zero-order chi connectivity index (χ0) is 15.5. The van der Waals surface area contributed by atoms with Crippen LogP contribution in [0.1, 0.15) is 18.1 Å². The molecular formula is C13H17BrN4O2S. The van der Waals surface area contributed by atoms with Gasteiger partial charge in [-0.2, -0.15) is 13.5 Å². The standard InChI is InChI=1S/C13H17BrN4O2S/c1-3-15-7-10-8-16-17-13(10)21(19,20)18-12-5-4-9(2)6-11(12)14/h4-6,8,15,18H,3,7H2,1-2H3,(H,16,17). The molecule has 0 saturated carbocycles. The number of aromatic nitrogens is 2. The van der Waals surface area contributed by atoms with Crippen LogP contribution in [-0.4, -0.2) is 25.2 Å². The van der Waals surface area contributed by atoms with E-state index in [0.717, 1.165) is 12.1 Å². The summed E-state index contributed by atoms with van der Waals surface area (Å²) in [4.78, 5) is 0. The average Bonchev–Trinajstić information content (AvgIpc) is 2.89. The smallest absolute Gasteiger partial charge is 0.279 e. The molecule has 0 aliphatic carbocycles. The van der Waals surface area contributed by atoms with E-state index in [1.54, 1.807) is 6.07 Å². The first-order valence-electron chi connectivity index (χ1n) is 6.46. The molecule has 0 spiro atoms. The fourth-order valence-corrected chi connectivity index (χ4v) is 3.75. The Morgan fingerprint density at radius 2 is 2.14 bits per heavy atom. The van der Waals surface area contributed by atoms with E-state index in [2.05, 4.69) is 36.2 Å². The predicted octanol–water partition coefficient (Wildman–Crippen LogP) is 2.39. The molecule has 0 unspecified atom stereocenters. The lowest BCUT2D eigenvalue weighted by atomic mass is 10.2. The quantitative estimate of drug-likeness (QED) is 0.726. The van der Waals surface area contributed by atoms with Crippen molar-refractivity contribution in [1.29, 1.82) is 0 Å². The van der Waals surface area contributed by atoms with Gasteiger partial charge in [-0.3, -0.25) is 9.82 Å². The van der Waals surface area contributed by atoms with Gasteiger partial charge >= 0.3 is 0 Å². The molecular weight excluding hydrogens is 356 g/mol. The molecule has 0 radical (unpaired) electrons. The lowest BCUT2D eigenvalue weighted by Gasteiger charge is -2.10. The Labute approximate surface area is 132 Å². The second kappa shape index (κ2) is 6.59. The van der Waals surface area contributed by atoms with Crippen molar-refractivity contribution in [1.82, 2.24) is 15.5 Å². The number of hydrogen-bond donors (Lipinski definition) is 3. The van der Waals surface area contributed by atoms with Crippen molar-refractivity contribution in [2.75, 3.05) is 11.3 Å². The van der Waals surface area contributed by atoms with Gasteiger partial charge in [0.2, 0.25) is 0 Å². The maximum atomic E-state index is 12.5. The van der Waals surface area contributed by atoms with Crippen molar-refractivity contribution >= 4 is 31.6 Å². The number of nitrogens with one attached hydrogen (secondary N) is 3. The third-order valence-corrected chi connectivity index (χ3v) is 4.92. The van der Waals surface area contributed by atoms with Gasteiger partial charge in [-0.15, -0.1) is 0 Å². The van der Waals surface area contributed by atoms with Crippen LogP contribution in [0.15, 0.2) is 33.9 Å². The molecule has 0 saturated heterocycles. The molecule has 0 amide bonds. The molecule has 0 fully saturated rings. The third kappa shape index (κ3) is 3.84. The van der Waals surface area contributed by atoms with Gasteiger partial charge in [-0.25, -0.2) is 0 Å². The number of aryl methyl sites for hydroxylation is 1. The van der Waals surface area contributed by atoms with Crippen LogP contribution in [0.2, 0.25) is 0 Å². The lowest BCUT2D eigenvalue weighted by Crippen LogP contribution is -2.18. The Hall–Kier alpha value is -1.38. The van der Waals surface area contributed by atoms with Crippen molar-refractivity contribution in [2.45, 2.75) is 25.4 Å². The number of benzene rings is 1. The molecule has 1 aromatic carbocycles. The minimum atomic E-state index is -3.70. The van der Waals surface area contributed by atoms with Crippen LogP contribution in [0.4, 0.5) is 5.69 Å². The average molecular weight is 373 g/mol. The molecule has 3 N–H and O–H groups in total. The molecule has 0 aliphatic heterocycles. The summed E-state index contributed by atoms with van der Waals surface area (Å²) in [7, 11) is -3.70. The van der Waals surface area contributed by atoms with Gasteiger partial charge < -0.3 is 5.32 Å². The number of anilines is 1. The summed E-state index contributed by atoms with van der Waals surface area (Å²) in [5.74, 6) is 0. The van der Waals surface area contributed by atoms with Crippen LogP contribution in [-0.2, 0) is 16.6 Å². The molecule has 2 rings (SSSR count). The summed E-state index contributed by atoms with van der Waals surface area (Å²) in [6.45, 7) is 5.09. The number of sulfonamides is 1. The number of nitrogens with zero attached hydrogens (tertiary/aromatic N) is 1. The lowest BCUT2D eigenvalue weighted by molar-refractivity contribution is 0.594. The summed E-state index contributed by atoms with van der Waals surface area (Å²) in [5, 5.41) is 9.54. The van der Waals surface area contributed by atoms with E-state index in [1.807, 2.05) is 26.0 Å². The summed E-state index contributed by atoms with van der Waals surface area (Å²) in [5.41, 5.74) is 2.14. The number of aromatic amines is 1. The predicted molar refractivity (Wildman–Crippen MR) is 85.7 cm³/mol. The minimum Gasteiger partial charge on any atom is -0.313 e. The van der Waals surface area contributed by atoms with Crippen molar-refractivity contribution in [3.63, 3.8) is 0 Å². The highest BCUT2D eigenvalue weighted by molar-refractivity contribution is 9.10. The van der Waals surface area contributed by atoms with E-state index in [-0.39, 0.29) is 5.03 Å². The van der Waals surface area contributed by atoms with Gasteiger partial charge in [-0.1, -0.05) is 13.0 Å². The second-order valence-electron chi connectivity index (χ2n) is 4.59. The number of H-pyrrole nitrogens is 1. The molecule has 114 valence electrons. The molecule has 0 atom stereocenters. The second-order valence-corrected chi connectivity index (χ2v) is 7.07. The highest BCUT2D eigenvalue weighted by Gasteiger charge is 2.21. The van der Waals surface area contributed by atoms with E-state index in [4.69, 9.17) is 0 Å². The maximum Gasteiger partial charge on any atom is 0.279 e. The Kier molecular flexibility index (Phi) is 5.02. The van der Waals surface area contributed by atoms with Crippen molar-refractivity contribution in [3.05, 3.63) is 40.0 Å². The zero-order valence-corrected chi connectivity index (χ0v) is 14.2. The molecule has 8 heteroatoms. The van der Waals surface area contributed by atoms with E-state index in [9.17, 15) is 8.42 Å². The fourth-order valence-electron chi connectivity index (χ4n) is 1.82. The Bertz CT molecular complexity index is 728. The highest BCUT2D eigenvalue weighted by atomic mass is 79.9. The maximum absolute atomic E-state index is 12.5. The third-order valence-electron chi connectivity index (χ3n) is 2.88. The zero-order valence-electron chi connectivity index (χ0n) is 11.8. The monoisotopic (exact) mass is 372 g/mol. The number of rotatable bonds is 6. The highest BCUT2D eigenvalue weighted by Crippen LogP contribution is 2.26. The molecule has 21 heavy (non-hydrogen) atoms. The van der Waals surface area contributed by atoms with Crippen LogP contribution in [0.3, 0.4) is 0 Å². The van der Waals surface area contributed by atoms with E-state index in [1.165, 1.54) is 6.20 Å². The number of halogens is 1. The summed E-state index contributed by atoms with van der Waals surface area (Å²) >= 11 is 3.36. The van der Waals surface area contributed by atoms with Crippen molar-refractivity contribution < 1.29 is 8.42 Å². The van der Waals surface area contributed by atoms with Gasteiger partial charge in [0.25, 0.3) is 10.0 Å². The molecule has 0 bridgehead atoms. The molecule has 6 nitrogen and oxygen atoms in total. The van der Waals surface area contributed by atoms with Crippen LogP contribution in [0, 0.1) is 6.92 Å². The Morgan fingerprint density at radius 1 is 1.38 bits per heavy atom. The Balaban J connectivity index is 2.28. The van der Waals surface area contributed by atoms with Gasteiger partial charge in [0.1, 0.15) is 0 Å². The molecule has 1 aromatic heterocycles. The van der Waals surface area contributed by atoms with Crippen LogP contribution in [0.5, 0.6) is 0 Å². The van der Waals surface area contributed by atoms with Crippen LogP contribution in [0.25, 0.3) is 0 Å².